The largest absolute Gasteiger partial charge is 0.463 e. The van der Waals surface area contributed by atoms with Crippen LogP contribution in [0.3, 0.4) is 0 Å². The van der Waals surface area contributed by atoms with E-state index in [4.69, 9.17) is 9.47 Å². The lowest BCUT2D eigenvalue weighted by molar-refractivity contribution is -0.150. The van der Waals surface area contributed by atoms with E-state index < -0.39 is 0 Å². The average molecular weight is 196 g/mol. The topological polar surface area (TPSA) is 35.5 Å². The Morgan fingerprint density at radius 1 is 1.36 bits per heavy atom. The fourth-order valence-corrected chi connectivity index (χ4v) is 2.38. The third kappa shape index (κ3) is 1.82. The van der Waals surface area contributed by atoms with Gasteiger partial charge in [0.2, 0.25) is 0 Å². The van der Waals surface area contributed by atoms with Crippen LogP contribution in [-0.2, 0) is 14.3 Å². The van der Waals surface area contributed by atoms with Crippen molar-refractivity contribution in [3.63, 3.8) is 0 Å². The minimum atomic E-state index is -0.0427. The van der Waals surface area contributed by atoms with Crippen molar-refractivity contribution in [2.24, 2.45) is 17.8 Å². The number of rotatable bonds is 4. The maximum atomic E-state index is 11.6. The van der Waals surface area contributed by atoms with Crippen LogP contribution in [0.1, 0.15) is 12.8 Å². The molecule has 3 nitrogen and oxygen atoms in total. The number of hydrogen-bond acceptors (Lipinski definition) is 3. The van der Waals surface area contributed by atoms with Crippen LogP contribution in [0.5, 0.6) is 0 Å². The summed E-state index contributed by atoms with van der Waals surface area (Å²) >= 11 is 0. The number of fused-ring (bicyclic) bond motifs is 2. The first-order valence-corrected chi connectivity index (χ1v) is 5.15. The van der Waals surface area contributed by atoms with Crippen LogP contribution in [0.2, 0.25) is 0 Å². The third-order valence-corrected chi connectivity index (χ3v) is 3.11. The zero-order chi connectivity index (χ0) is 9.97. The highest BCUT2D eigenvalue weighted by Gasteiger charge is 2.40. The number of methoxy groups -OCH3 is 1. The first-order valence-electron chi connectivity index (χ1n) is 5.15. The number of allylic oxidation sites excluding steroid dienone is 2. The van der Waals surface area contributed by atoms with Crippen LogP contribution in [0.4, 0.5) is 0 Å². The molecule has 0 aliphatic heterocycles. The van der Waals surface area contributed by atoms with Crippen molar-refractivity contribution in [3.8, 4) is 0 Å². The van der Waals surface area contributed by atoms with Crippen LogP contribution in [0.25, 0.3) is 0 Å². The Morgan fingerprint density at radius 3 is 2.79 bits per heavy atom. The minimum Gasteiger partial charge on any atom is -0.463 e. The highest BCUT2D eigenvalue weighted by atomic mass is 16.6. The van der Waals surface area contributed by atoms with Crippen molar-refractivity contribution in [2.45, 2.75) is 12.8 Å². The monoisotopic (exact) mass is 196 g/mol. The SMILES string of the molecule is COCCOC(=O)C1CC2C=CC1C2. The second kappa shape index (κ2) is 4.13. The van der Waals surface area contributed by atoms with Gasteiger partial charge < -0.3 is 9.47 Å². The molecule has 1 saturated carbocycles. The van der Waals surface area contributed by atoms with Gasteiger partial charge in [0.05, 0.1) is 12.5 Å². The number of hydrogen-bond donors (Lipinski definition) is 0. The Hall–Kier alpha value is -0.830. The van der Waals surface area contributed by atoms with E-state index in [0.29, 0.717) is 25.0 Å². The van der Waals surface area contributed by atoms with Crippen molar-refractivity contribution >= 4 is 5.97 Å². The van der Waals surface area contributed by atoms with Crippen molar-refractivity contribution < 1.29 is 14.3 Å². The predicted molar refractivity (Wildman–Crippen MR) is 51.7 cm³/mol. The zero-order valence-corrected chi connectivity index (χ0v) is 8.44. The molecule has 3 atom stereocenters. The summed E-state index contributed by atoms with van der Waals surface area (Å²) in [5, 5.41) is 0. The molecule has 2 rings (SSSR count). The Kier molecular flexibility index (Phi) is 2.87. The third-order valence-electron chi connectivity index (χ3n) is 3.11. The second-order valence-electron chi connectivity index (χ2n) is 4.05. The maximum Gasteiger partial charge on any atom is 0.309 e. The molecule has 14 heavy (non-hydrogen) atoms. The molecule has 0 radical (unpaired) electrons. The van der Waals surface area contributed by atoms with E-state index in [1.165, 1.54) is 0 Å². The quantitative estimate of drug-likeness (QED) is 0.387. The summed E-state index contributed by atoms with van der Waals surface area (Å²) in [6, 6.07) is 0. The molecule has 0 aromatic rings. The molecule has 0 heterocycles. The van der Waals surface area contributed by atoms with Gasteiger partial charge in [0.25, 0.3) is 0 Å². The van der Waals surface area contributed by atoms with Gasteiger partial charge in [0.15, 0.2) is 0 Å². The predicted octanol–water partition coefficient (Wildman–Crippen LogP) is 1.39. The molecule has 0 N–H and O–H groups in total. The number of carbonyl (C=O) groups excluding carboxylic acids is 1. The minimum absolute atomic E-state index is 0.0427. The van der Waals surface area contributed by atoms with E-state index in [0.717, 1.165) is 12.8 Å². The summed E-state index contributed by atoms with van der Waals surface area (Å²) < 4.78 is 9.95. The van der Waals surface area contributed by atoms with Gasteiger partial charge in [0.1, 0.15) is 6.61 Å². The van der Waals surface area contributed by atoms with E-state index in [1.54, 1.807) is 7.11 Å². The van der Waals surface area contributed by atoms with Gasteiger partial charge in [-0.15, -0.1) is 0 Å². The van der Waals surface area contributed by atoms with Crippen LogP contribution in [-0.4, -0.2) is 26.3 Å². The van der Waals surface area contributed by atoms with Crippen molar-refractivity contribution in [1.82, 2.24) is 0 Å². The Balaban J connectivity index is 1.79. The summed E-state index contributed by atoms with van der Waals surface area (Å²) in [6.45, 7) is 0.870. The van der Waals surface area contributed by atoms with E-state index in [2.05, 4.69) is 12.2 Å². The lowest BCUT2D eigenvalue weighted by atomic mass is 9.94. The van der Waals surface area contributed by atoms with Crippen molar-refractivity contribution in [3.05, 3.63) is 12.2 Å². The van der Waals surface area contributed by atoms with Crippen LogP contribution in [0.15, 0.2) is 12.2 Å². The van der Waals surface area contributed by atoms with Gasteiger partial charge in [-0.05, 0) is 24.7 Å². The molecular formula is C11H16O3. The summed E-state index contributed by atoms with van der Waals surface area (Å²) in [4.78, 5) is 11.6. The van der Waals surface area contributed by atoms with Crippen molar-refractivity contribution in [2.75, 3.05) is 20.3 Å². The normalized spacial score (nSPS) is 33.6. The number of carbonyl (C=O) groups is 1. The first kappa shape index (κ1) is 9.71. The average Bonchev–Trinajstić information content (AvgIpc) is 2.79. The molecule has 0 aromatic carbocycles. The Labute approximate surface area is 84.1 Å². The number of esters is 1. The van der Waals surface area contributed by atoms with Gasteiger partial charge in [-0.2, -0.15) is 0 Å². The molecule has 0 aromatic heterocycles. The van der Waals surface area contributed by atoms with Gasteiger partial charge in [-0.1, -0.05) is 12.2 Å². The van der Waals surface area contributed by atoms with Crippen molar-refractivity contribution in [1.29, 1.82) is 0 Å². The Bertz CT molecular complexity index is 247. The standard InChI is InChI=1S/C11H16O3/c1-13-4-5-14-11(12)10-7-8-2-3-9(10)6-8/h2-3,8-10H,4-7H2,1H3. The molecule has 0 amide bonds. The van der Waals surface area contributed by atoms with Gasteiger partial charge in [-0.25, -0.2) is 0 Å². The van der Waals surface area contributed by atoms with Gasteiger partial charge in [0, 0.05) is 7.11 Å². The van der Waals surface area contributed by atoms with Crippen LogP contribution in [0, 0.1) is 17.8 Å². The molecule has 1 fully saturated rings. The molecule has 2 aliphatic carbocycles. The molecule has 0 saturated heterocycles. The molecule has 0 spiro atoms. The lowest BCUT2D eigenvalue weighted by Gasteiger charge is -2.16. The molecule has 3 unspecified atom stereocenters. The Morgan fingerprint density at radius 2 is 2.21 bits per heavy atom. The first-order chi connectivity index (χ1) is 6.81. The lowest BCUT2D eigenvalue weighted by Crippen LogP contribution is -2.22. The van der Waals surface area contributed by atoms with Crippen LogP contribution >= 0.6 is 0 Å². The fraction of sp³-hybridized carbons (Fsp3) is 0.727. The molecule has 2 aliphatic rings. The van der Waals surface area contributed by atoms with E-state index >= 15 is 0 Å². The van der Waals surface area contributed by atoms with E-state index in [-0.39, 0.29) is 11.9 Å². The summed E-state index contributed by atoms with van der Waals surface area (Å²) in [7, 11) is 1.61. The van der Waals surface area contributed by atoms with E-state index in [9.17, 15) is 4.79 Å². The second-order valence-corrected chi connectivity index (χ2v) is 4.05. The van der Waals surface area contributed by atoms with E-state index in [1.807, 2.05) is 0 Å². The molecule has 3 heteroatoms. The van der Waals surface area contributed by atoms with Crippen LogP contribution < -0.4 is 0 Å². The summed E-state index contributed by atoms with van der Waals surface area (Å²) in [5.41, 5.74) is 0. The van der Waals surface area contributed by atoms with Gasteiger partial charge in [-0.3, -0.25) is 4.79 Å². The summed E-state index contributed by atoms with van der Waals surface area (Å²) in [6.07, 6.45) is 6.51. The highest BCUT2D eigenvalue weighted by molar-refractivity contribution is 5.74. The highest BCUT2D eigenvalue weighted by Crippen LogP contribution is 2.43. The number of ether oxygens (including phenoxy) is 2. The fourth-order valence-electron chi connectivity index (χ4n) is 2.38. The smallest absolute Gasteiger partial charge is 0.309 e. The molecule has 78 valence electrons. The van der Waals surface area contributed by atoms with Gasteiger partial charge >= 0.3 is 5.97 Å². The molecule has 2 bridgehead atoms. The zero-order valence-electron chi connectivity index (χ0n) is 8.44. The maximum absolute atomic E-state index is 11.6. The summed E-state index contributed by atoms with van der Waals surface area (Å²) in [5.74, 6) is 1.13. The molecular weight excluding hydrogens is 180 g/mol.